The van der Waals surface area contributed by atoms with Crippen LogP contribution >= 0.6 is 0 Å². The van der Waals surface area contributed by atoms with Crippen LogP contribution in [0.25, 0.3) is 0 Å². The van der Waals surface area contributed by atoms with E-state index in [0.29, 0.717) is 0 Å². The summed E-state index contributed by atoms with van der Waals surface area (Å²) in [6.07, 6.45) is 4.05. The molecule has 0 bridgehead atoms. The fraction of sp³-hybridized carbons (Fsp3) is 0.647. The van der Waals surface area contributed by atoms with Gasteiger partial charge < -0.3 is 15.0 Å². The summed E-state index contributed by atoms with van der Waals surface area (Å²) in [6, 6.07) is 9.02. The van der Waals surface area contributed by atoms with Gasteiger partial charge in [-0.1, -0.05) is 19.1 Å². The fourth-order valence-corrected chi connectivity index (χ4v) is 2.44. The molecule has 0 aromatic heterocycles. The number of anilines is 1. The van der Waals surface area contributed by atoms with E-state index in [1.165, 1.54) is 43.6 Å². The average molecular weight is 276 g/mol. The zero-order valence-electron chi connectivity index (χ0n) is 12.9. The quantitative estimate of drug-likeness (QED) is 0.665. The Hall–Kier alpha value is -1.06. The van der Waals surface area contributed by atoms with Crippen LogP contribution in [0.15, 0.2) is 24.3 Å². The van der Waals surface area contributed by atoms with Crippen LogP contribution in [0.3, 0.4) is 0 Å². The van der Waals surface area contributed by atoms with Crippen molar-refractivity contribution in [2.24, 2.45) is 5.92 Å². The van der Waals surface area contributed by atoms with Crippen LogP contribution in [0, 0.1) is 5.92 Å². The zero-order valence-corrected chi connectivity index (χ0v) is 12.9. The van der Waals surface area contributed by atoms with E-state index in [1.807, 2.05) is 0 Å². The molecule has 3 heteroatoms. The molecule has 0 heterocycles. The van der Waals surface area contributed by atoms with Gasteiger partial charge in [0.1, 0.15) is 0 Å². The molecule has 0 radical (unpaired) electrons. The molecule has 20 heavy (non-hydrogen) atoms. The van der Waals surface area contributed by atoms with Gasteiger partial charge >= 0.3 is 0 Å². The standard InChI is InChI=1S/C17H28N2O/c1-3-11-19(14-16-4-5-16)17-8-6-15(7-9-17)13-18-10-12-20-2/h6-9,16,18H,3-5,10-14H2,1-2H3. The minimum absolute atomic E-state index is 0.768. The highest BCUT2D eigenvalue weighted by molar-refractivity contribution is 5.47. The lowest BCUT2D eigenvalue weighted by Gasteiger charge is -2.24. The number of nitrogens with one attached hydrogen (secondary N) is 1. The molecule has 0 spiro atoms. The summed E-state index contributed by atoms with van der Waals surface area (Å²) in [5, 5.41) is 3.38. The number of nitrogens with zero attached hydrogens (tertiary/aromatic N) is 1. The SMILES string of the molecule is CCCN(CC1CC1)c1ccc(CNCCOC)cc1. The van der Waals surface area contributed by atoms with E-state index in [1.54, 1.807) is 7.11 Å². The molecular weight excluding hydrogens is 248 g/mol. The van der Waals surface area contributed by atoms with Crippen molar-refractivity contribution in [1.82, 2.24) is 5.32 Å². The van der Waals surface area contributed by atoms with Gasteiger partial charge in [0.2, 0.25) is 0 Å². The van der Waals surface area contributed by atoms with E-state index in [9.17, 15) is 0 Å². The molecule has 1 aromatic carbocycles. The molecule has 0 saturated heterocycles. The molecule has 2 rings (SSSR count). The van der Waals surface area contributed by atoms with Crippen molar-refractivity contribution in [3.63, 3.8) is 0 Å². The van der Waals surface area contributed by atoms with E-state index in [-0.39, 0.29) is 0 Å². The Balaban J connectivity index is 1.84. The van der Waals surface area contributed by atoms with Gasteiger partial charge in [-0.3, -0.25) is 0 Å². The predicted octanol–water partition coefficient (Wildman–Crippen LogP) is 3.05. The monoisotopic (exact) mass is 276 g/mol. The lowest BCUT2D eigenvalue weighted by molar-refractivity contribution is 0.199. The number of benzene rings is 1. The Kier molecular flexibility index (Phi) is 6.34. The molecule has 112 valence electrons. The van der Waals surface area contributed by atoms with Gasteiger partial charge in [0, 0.05) is 39.0 Å². The molecule has 1 fully saturated rings. The fourth-order valence-electron chi connectivity index (χ4n) is 2.44. The summed E-state index contributed by atoms with van der Waals surface area (Å²) in [5.41, 5.74) is 2.71. The summed E-state index contributed by atoms with van der Waals surface area (Å²) in [5.74, 6) is 0.942. The van der Waals surface area contributed by atoms with Gasteiger partial charge in [-0.25, -0.2) is 0 Å². The molecular formula is C17H28N2O. The first-order valence-corrected chi connectivity index (χ1v) is 7.87. The van der Waals surface area contributed by atoms with Crippen molar-refractivity contribution < 1.29 is 4.74 Å². The highest BCUT2D eigenvalue weighted by Crippen LogP contribution is 2.31. The number of rotatable bonds is 10. The lowest BCUT2D eigenvalue weighted by atomic mass is 10.2. The Morgan fingerprint density at radius 3 is 2.60 bits per heavy atom. The van der Waals surface area contributed by atoms with Crippen molar-refractivity contribution in [2.75, 3.05) is 38.3 Å². The van der Waals surface area contributed by atoms with Gasteiger partial charge in [-0.15, -0.1) is 0 Å². The summed E-state index contributed by atoms with van der Waals surface area (Å²) in [7, 11) is 1.73. The first kappa shape index (κ1) is 15.3. The van der Waals surface area contributed by atoms with Gasteiger partial charge in [0.25, 0.3) is 0 Å². The second-order valence-electron chi connectivity index (χ2n) is 5.73. The Bertz CT molecular complexity index is 373. The molecule has 1 aromatic rings. The van der Waals surface area contributed by atoms with Crippen molar-refractivity contribution in [2.45, 2.75) is 32.7 Å². The van der Waals surface area contributed by atoms with Crippen LogP contribution in [0.5, 0.6) is 0 Å². The molecule has 1 saturated carbocycles. The van der Waals surface area contributed by atoms with Crippen molar-refractivity contribution >= 4 is 5.69 Å². The number of hydrogen-bond acceptors (Lipinski definition) is 3. The van der Waals surface area contributed by atoms with E-state index in [4.69, 9.17) is 4.74 Å². The second-order valence-corrected chi connectivity index (χ2v) is 5.73. The molecule has 1 aliphatic carbocycles. The van der Waals surface area contributed by atoms with E-state index in [2.05, 4.69) is 41.4 Å². The lowest BCUT2D eigenvalue weighted by Crippen LogP contribution is -2.26. The van der Waals surface area contributed by atoms with Crippen molar-refractivity contribution in [3.05, 3.63) is 29.8 Å². The van der Waals surface area contributed by atoms with Crippen LogP contribution in [-0.2, 0) is 11.3 Å². The molecule has 0 amide bonds. The van der Waals surface area contributed by atoms with Crippen LogP contribution in [0.4, 0.5) is 5.69 Å². The molecule has 3 nitrogen and oxygen atoms in total. The van der Waals surface area contributed by atoms with Crippen molar-refractivity contribution in [3.8, 4) is 0 Å². The third-order valence-electron chi connectivity index (χ3n) is 3.78. The third kappa shape index (κ3) is 5.14. The highest BCUT2D eigenvalue weighted by Gasteiger charge is 2.24. The smallest absolute Gasteiger partial charge is 0.0587 e. The van der Waals surface area contributed by atoms with Crippen LogP contribution < -0.4 is 10.2 Å². The van der Waals surface area contributed by atoms with Gasteiger partial charge in [-0.2, -0.15) is 0 Å². The second kappa shape index (κ2) is 8.28. The van der Waals surface area contributed by atoms with E-state index in [0.717, 1.165) is 25.6 Å². The first-order chi connectivity index (χ1) is 9.83. The molecule has 0 unspecified atom stereocenters. The van der Waals surface area contributed by atoms with Gasteiger partial charge in [0.15, 0.2) is 0 Å². The number of methoxy groups -OCH3 is 1. The molecule has 1 aliphatic rings. The number of ether oxygens (including phenoxy) is 1. The maximum Gasteiger partial charge on any atom is 0.0587 e. The molecule has 1 N–H and O–H groups in total. The van der Waals surface area contributed by atoms with Crippen molar-refractivity contribution in [1.29, 1.82) is 0 Å². The van der Waals surface area contributed by atoms with Crippen LogP contribution in [0.1, 0.15) is 31.7 Å². The van der Waals surface area contributed by atoms with E-state index < -0.39 is 0 Å². The maximum absolute atomic E-state index is 5.03. The minimum Gasteiger partial charge on any atom is -0.383 e. The Morgan fingerprint density at radius 2 is 2.00 bits per heavy atom. The summed E-state index contributed by atoms with van der Waals surface area (Å²) < 4.78 is 5.03. The Morgan fingerprint density at radius 1 is 1.25 bits per heavy atom. The van der Waals surface area contributed by atoms with E-state index >= 15 is 0 Å². The Labute approximate surface area is 123 Å². The summed E-state index contributed by atoms with van der Waals surface area (Å²) in [6.45, 7) is 7.25. The normalized spacial score (nSPS) is 14.5. The topological polar surface area (TPSA) is 24.5 Å². The van der Waals surface area contributed by atoms with Crippen LogP contribution in [0.2, 0.25) is 0 Å². The van der Waals surface area contributed by atoms with Crippen LogP contribution in [-0.4, -0.2) is 33.4 Å². The summed E-state index contributed by atoms with van der Waals surface area (Å²) >= 11 is 0. The predicted molar refractivity (Wildman–Crippen MR) is 85.3 cm³/mol. The average Bonchev–Trinajstić information content (AvgIpc) is 3.28. The number of hydrogen-bond donors (Lipinski definition) is 1. The highest BCUT2D eigenvalue weighted by atomic mass is 16.5. The largest absolute Gasteiger partial charge is 0.383 e. The third-order valence-corrected chi connectivity index (χ3v) is 3.78. The minimum atomic E-state index is 0.768. The molecule has 0 atom stereocenters. The summed E-state index contributed by atoms with van der Waals surface area (Å²) in [4.78, 5) is 2.54. The van der Waals surface area contributed by atoms with Gasteiger partial charge in [-0.05, 0) is 42.9 Å². The van der Waals surface area contributed by atoms with Gasteiger partial charge in [0.05, 0.1) is 6.61 Å². The first-order valence-electron chi connectivity index (χ1n) is 7.87. The molecule has 0 aliphatic heterocycles. The zero-order chi connectivity index (χ0) is 14.2. The maximum atomic E-state index is 5.03.